The minimum Gasteiger partial charge on any atom is -0.387 e. The monoisotopic (exact) mass is 260 g/mol. The molecule has 2 aliphatic rings. The molecule has 5 heteroatoms. The largest absolute Gasteiger partial charge is 0.387 e. The fraction of sp³-hybridized carbons (Fsp3) is 0.429. The van der Waals surface area contributed by atoms with Gasteiger partial charge in [0.25, 0.3) is 0 Å². The highest BCUT2D eigenvalue weighted by molar-refractivity contribution is 6.03. The molecule has 100 valence electrons. The normalized spacial score (nSPS) is 25.3. The fourth-order valence-electron chi connectivity index (χ4n) is 3.09. The first kappa shape index (κ1) is 12.2. The molecule has 2 amide bonds. The number of anilines is 1. The van der Waals surface area contributed by atoms with Crippen molar-refractivity contribution in [3.8, 4) is 0 Å². The van der Waals surface area contributed by atoms with Gasteiger partial charge in [-0.2, -0.15) is 0 Å². The summed E-state index contributed by atoms with van der Waals surface area (Å²) in [5.41, 5.74) is 1.90. The van der Waals surface area contributed by atoms with Gasteiger partial charge in [0, 0.05) is 18.8 Å². The first-order valence-corrected chi connectivity index (χ1v) is 6.49. The minimum absolute atomic E-state index is 0.0181. The number of aliphatic hydroxyl groups is 1. The van der Waals surface area contributed by atoms with E-state index in [1.165, 1.54) is 0 Å². The van der Waals surface area contributed by atoms with Gasteiger partial charge in [0.15, 0.2) is 0 Å². The van der Waals surface area contributed by atoms with Crippen molar-refractivity contribution < 1.29 is 14.7 Å². The number of fused-ring (bicyclic) bond motifs is 1. The van der Waals surface area contributed by atoms with Gasteiger partial charge in [0.2, 0.25) is 11.8 Å². The second kappa shape index (κ2) is 4.66. The van der Waals surface area contributed by atoms with Crippen LogP contribution in [0.2, 0.25) is 0 Å². The smallest absolute Gasteiger partial charge is 0.248 e. The van der Waals surface area contributed by atoms with Crippen LogP contribution in [0.25, 0.3) is 0 Å². The maximum Gasteiger partial charge on any atom is 0.248 e. The lowest BCUT2D eigenvalue weighted by molar-refractivity contribution is -0.133. The Labute approximate surface area is 111 Å². The number of para-hydroxylation sites is 1. The van der Waals surface area contributed by atoms with Crippen molar-refractivity contribution in [2.75, 3.05) is 25.0 Å². The second-order valence-electron chi connectivity index (χ2n) is 5.10. The number of nitrogens with zero attached hydrogens (tertiary/aromatic N) is 1. The predicted octanol–water partition coefficient (Wildman–Crippen LogP) is 0.563. The molecule has 0 saturated carbocycles. The van der Waals surface area contributed by atoms with Gasteiger partial charge in [-0.15, -0.1) is 0 Å². The van der Waals surface area contributed by atoms with E-state index < -0.39 is 6.61 Å². The molecule has 1 fully saturated rings. The van der Waals surface area contributed by atoms with E-state index in [0.29, 0.717) is 13.1 Å². The van der Waals surface area contributed by atoms with Crippen molar-refractivity contribution in [1.29, 1.82) is 0 Å². The standard InChI is InChI=1S/C14H16N2O3/c17-8-12(18)16-6-5-9(7-16)13-10-3-1-2-4-11(10)15-14(13)19/h1-4,9,13,17H,5-8H2,(H,15,19)/t9-,13+/m0/s1. The summed E-state index contributed by atoms with van der Waals surface area (Å²) in [5, 5.41) is 11.8. The minimum atomic E-state index is -0.458. The van der Waals surface area contributed by atoms with Gasteiger partial charge in [-0.25, -0.2) is 0 Å². The van der Waals surface area contributed by atoms with Gasteiger partial charge in [0.05, 0.1) is 5.92 Å². The number of nitrogens with one attached hydrogen (secondary N) is 1. The average Bonchev–Trinajstić information content (AvgIpc) is 3.00. The first-order chi connectivity index (χ1) is 9.20. The number of aliphatic hydroxyl groups excluding tert-OH is 1. The molecule has 0 aromatic heterocycles. The molecule has 2 atom stereocenters. The Morgan fingerprint density at radius 1 is 1.42 bits per heavy atom. The van der Waals surface area contributed by atoms with Crippen molar-refractivity contribution in [3.63, 3.8) is 0 Å². The van der Waals surface area contributed by atoms with Gasteiger partial charge >= 0.3 is 0 Å². The van der Waals surface area contributed by atoms with E-state index >= 15 is 0 Å². The third-order valence-electron chi connectivity index (χ3n) is 4.02. The number of carbonyl (C=O) groups is 2. The number of hydrogen-bond donors (Lipinski definition) is 2. The van der Waals surface area contributed by atoms with E-state index in [1.54, 1.807) is 4.90 Å². The summed E-state index contributed by atoms with van der Waals surface area (Å²) >= 11 is 0. The van der Waals surface area contributed by atoms with Crippen LogP contribution in [0.4, 0.5) is 5.69 Å². The molecular weight excluding hydrogens is 244 g/mol. The summed E-state index contributed by atoms with van der Waals surface area (Å²) in [5.74, 6) is -0.273. The third-order valence-corrected chi connectivity index (χ3v) is 4.02. The lowest BCUT2D eigenvalue weighted by Crippen LogP contribution is -2.32. The summed E-state index contributed by atoms with van der Waals surface area (Å²) in [6.45, 7) is 0.710. The van der Waals surface area contributed by atoms with Crippen molar-refractivity contribution in [2.45, 2.75) is 12.3 Å². The van der Waals surface area contributed by atoms with Crippen LogP contribution in [-0.4, -0.2) is 41.5 Å². The Kier molecular flexibility index (Phi) is 2.98. The summed E-state index contributed by atoms with van der Waals surface area (Å²) in [7, 11) is 0. The van der Waals surface area contributed by atoms with Crippen molar-refractivity contribution in [1.82, 2.24) is 4.90 Å². The number of benzene rings is 1. The quantitative estimate of drug-likeness (QED) is 0.816. The Morgan fingerprint density at radius 3 is 3.00 bits per heavy atom. The number of hydrogen-bond acceptors (Lipinski definition) is 3. The molecule has 2 N–H and O–H groups in total. The molecule has 5 nitrogen and oxygen atoms in total. The molecule has 0 radical (unpaired) electrons. The maximum atomic E-state index is 12.1. The number of likely N-dealkylation sites (tertiary alicyclic amines) is 1. The van der Waals surface area contributed by atoms with E-state index in [9.17, 15) is 9.59 Å². The predicted molar refractivity (Wildman–Crippen MR) is 69.6 cm³/mol. The molecular formula is C14H16N2O3. The van der Waals surface area contributed by atoms with Crippen LogP contribution in [0, 0.1) is 5.92 Å². The van der Waals surface area contributed by atoms with Gasteiger partial charge in [0.1, 0.15) is 6.61 Å². The SMILES string of the molecule is O=C1Nc2ccccc2[C@H]1[C@H]1CCN(C(=O)CO)C1. The van der Waals surface area contributed by atoms with Crippen LogP contribution in [0.15, 0.2) is 24.3 Å². The lowest BCUT2D eigenvalue weighted by atomic mass is 9.86. The fourth-order valence-corrected chi connectivity index (χ4v) is 3.09. The molecule has 0 bridgehead atoms. The zero-order valence-corrected chi connectivity index (χ0v) is 10.5. The average molecular weight is 260 g/mol. The highest BCUT2D eigenvalue weighted by atomic mass is 16.3. The molecule has 0 aliphatic carbocycles. The molecule has 2 heterocycles. The Balaban J connectivity index is 1.81. The molecule has 1 aromatic rings. The van der Waals surface area contributed by atoms with E-state index in [4.69, 9.17) is 5.11 Å². The Bertz CT molecular complexity index is 529. The van der Waals surface area contributed by atoms with E-state index in [2.05, 4.69) is 5.32 Å². The molecule has 2 aliphatic heterocycles. The first-order valence-electron chi connectivity index (χ1n) is 6.49. The molecule has 3 rings (SSSR count). The second-order valence-corrected chi connectivity index (χ2v) is 5.10. The zero-order valence-electron chi connectivity index (χ0n) is 10.5. The third kappa shape index (κ3) is 2.00. The summed E-state index contributed by atoms with van der Waals surface area (Å²) < 4.78 is 0. The maximum absolute atomic E-state index is 12.1. The lowest BCUT2D eigenvalue weighted by Gasteiger charge is -2.18. The number of carbonyl (C=O) groups excluding carboxylic acids is 2. The van der Waals surface area contributed by atoms with E-state index in [-0.39, 0.29) is 23.7 Å². The summed E-state index contributed by atoms with van der Waals surface area (Å²) in [6.07, 6.45) is 0.804. The summed E-state index contributed by atoms with van der Waals surface area (Å²) in [4.78, 5) is 25.2. The van der Waals surface area contributed by atoms with Crippen LogP contribution in [0.5, 0.6) is 0 Å². The zero-order chi connectivity index (χ0) is 13.4. The van der Waals surface area contributed by atoms with Crippen molar-refractivity contribution in [2.24, 2.45) is 5.92 Å². The Hall–Kier alpha value is -1.88. The van der Waals surface area contributed by atoms with Crippen molar-refractivity contribution in [3.05, 3.63) is 29.8 Å². The Morgan fingerprint density at radius 2 is 2.21 bits per heavy atom. The van der Waals surface area contributed by atoms with Crippen LogP contribution in [0.3, 0.4) is 0 Å². The van der Waals surface area contributed by atoms with Gasteiger partial charge in [-0.05, 0) is 24.0 Å². The van der Waals surface area contributed by atoms with Gasteiger partial charge < -0.3 is 15.3 Å². The molecule has 0 spiro atoms. The van der Waals surface area contributed by atoms with Crippen LogP contribution >= 0.6 is 0 Å². The van der Waals surface area contributed by atoms with E-state index in [0.717, 1.165) is 17.7 Å². The topological polar surface area (TPSA) is 69.6 Å². The molecule has 0 unspecified atom stereocenters. The number of amides is 2. The van der Waals surface area contributed by atoms with Crippen LogP contribution in [-0.2, 0) is 9.59 Å². The van der Waals surface area contributed by atoms with Crippen LogP contribution in [0.1, 0.15) is 17.9 Å². The summed E-state index contributed by atoms with van der Waals surface area (Å²) in [6, 6.07) is 7.70. The van der Waals surface area contributed by atoms with Crippen molar-refractivity contribution >= 4 is 17.5 Å². The highest BCUT2D eigenvalue weighted by Gasteiger charge is 2.40. The molecule has 1 saturated heterocycles. The molecule has 1 aromatic carbocycles. The van der Waals surface area contributed by atoms with Crippen LogP contribution < -0.4 is 5.32 Å². The van der Waals surface area contributed by atoms with E-state index in [1.807, 2.05) is 24.3 Å². The molecule has 19 heavy (non-hydrogen) atoms. The van der Waals surface area contributed by atoms with Gasteiger partial charge in [-0.3, -0.25) is 9.59 Å². The number of rotatable bonds is 2. The van der Waals surface area contributed by atoms with Gasteiger partial charge in [-0.1, -0.05) is 18.2 Å². The highest BCUT2D eigenvalue weighted by Crippen LogP contribution is 2.40.